The second kappa shape index (κ2) is 6.86. The summed E-state index contributed by atoms with van der Waals surface area (Å²) in [7, 11) is 0. The zero-order valence-electron chi connectivity index (χ0n) is 14.8. The van der Waals surface area contributed by atoms with Crippen LogP contribution >= 0.6 is 0 Å². The first-order chi connectivity index (χ1) is 11.5. The summed E-state index contributed by atoms with van der Waals surface area (Å²) in [6.45, 7) is 8.55. The van der Waals surface area contributed by atoms with E-state index in [9.17, 15) is 0 Å². The number of fused-ring (bicyclic) bond motifs is 1. The topological polar surface area (TPSA) is 44.5 Å². The van der Waals surface area contributed by atoms with Gasteiger partial charge >= 0.3 is 0 Å². The molecular formula is C21H27NO2. The van der Waals surface area contributed by atoms with Gasteiger partial charge in [0, 0.05) is 5.92 Å². The zero-order valence-corrected chi connectivity index (χ0v) is 14.8. The van der Waals surface area contributed by atoms with Crippen molar-refractivity contribution in [2.75, 3.05) is 19.8 Å². The van der Waals surface area contributed by atoms with E-state index in [0.29, 0.717) is 19.8 Å². The Morgan fingerprint density at radius 3 is 2.25 bits per heavy atom. The molecule has 3 nitrogen and oxygen atoms in total. The van der Waals surface area contributed by atoms with Crippen molar-refractivity contribution in [3.8, 4) is 11.5 Å². The summed E-state index contributed by atoms with van der Waals surface area (Å²) in [4.78, 5) is 0. The quantitative estimate of drug-likeness (QED) is 0.922. The molecule has 2 aromatic rings. The second-order valence-corrected chi connectivity index (χ2v) is 7.49. The van der Waals surface area contributed by atoms with E-state index >= 15 is 0 Å². The van der Waals surface area contributed by atoms with Gasteiger partial charge < -0.3 is 15.2 Å². The normalized spacial score (nSPS) is 15.2. The third-order valence-electron chi connectivity index (χ3n) is 4.62. The lowest BCUT2D eigenvalue weighted by atomic mass is 9.85. The number of benzene rings is 2. The average Bonchev–Trinajstić information content (AvgIpc) is 2.59. The van der Waals surface area contributed by atoms with Crippen LogP contribution in [0.5, 0.6) is 11.5 Å². The molecule has 1 unspecified atom stereocenters. The van der Waals surface area contributed by atoms with Gasteiger partial charge in [-0.15, -0.1) is 0 Å². The first-order valence-electron chi connectivity index (χ1n) is 8.66. The van der Waals surface area contributed by atoms with Gasteiger partial charge in [0.15, 0.2) is 11.5 Å². The SMILES string of the molecule is CC(C)(C)c1ccc(CC(CN)c2ccc3c(c2)OCCO3)cc1. The third-order valence-corrected chi connectivity index (χ3v) is 4.62. The number of hydrogen-bond donors (Lipinski definition) is 1. The Hall–Kier alpha value is -2.00. The van der Waals surface area contributed by atoms with Crippen LogP contribution in [0.15, 0.2) is 42.5 Å². The van der Waals surface area contributed by atoms with E-state index in [0.717, 1.165) is 17.9 Å². The molecule has 1 aliphatic heterocycles. The van der Waals surface area contributed by atoms with E-state index in [1.54, 1.807) is 0 Å². The Kier molecular flexibility index (Phi) is 4.81. The summed E-state index contributed by atoms with van der Waals surface area (Å²) >= 11 is 0. The molecule has 0 saturated carbocycles. The number of nitrogens with two attached hydrogens (primary N) is 1. The molecule has 24 heavy (non-hydrogen) atoms. The average molecular weight is 325 g/mol. The molecular weight excluding hydrogens is 298 g/mol. The van der Waals surface area contributed by atoms with Crippen molar-refractivity contribution < 1.29 is 9.47 Å². The van der Waals surface area contributed by atoms with Crippen molar-refractivity contribution in [2.45, 2.75) is 38.5 Å². The molecule has 1 heterocycles. The maximum absolute atomic E-state index is 6.06. The van der Waals surface area contributed by atoms with Gasteiger partial charge in [-0.05, 0) is 47.2 Å². The fraction of sp³-hybridized carbons (Fsp3) is 0.429. The van der Waals surface area contributed by atoms with Gasteiger partial charge in [0.1, 0.15) is 13.2 Å². The first kappa shape index (κ1) is 16.8. The molecule has 0 aromatic heterocycles. The highest BCUT2D eigenvalue weighted by atomic mass is 16.6. The van der Waals surface area contributed by atoms with Crippen LogP contribution in [0.4, 0.5) is 0 Å². The minimum absolute atomic E-state index is 0.182. The van der Waals surface area contributed by atoms with Crippen LogP contribution in [0.2, 0.25) is 0 Å². The van der Waals surface area contributed by atoms with E-state index < -0.39 is 0 Å². The molecule has 128 valence electrons. The van der Waals surface area contributed by atoms with E-state index in [1.807, 2.05) is 6.07 Å². The van der Waals surface area contributed by atoms with Crippen molar-refractivity contribution in [1.29, 1.82) is 0 Å². The molecule has 0 saturated heterocycles. The second-order valence-electron chi connectivity index (χ2n) is 7.49. The number of ether oxygens (including phenoxy) is 2. The fourth-order valence-electron chi connectivity index (χ4n) is 3.08. The van der Waals surface area contributed by atoms with Gasteiger partial charge in [-0.1, -0.05) is 51.1 Å². The van der Waals surface area contributed by atoms with E-state index in [-0.39, 0.29) is 11.3 Å². The maximum atomic E-state index is 6.06. The van der Waals surface area contributed by atoms with Crippen molar-refractivity contribution in [2.24, 2.45) is 5.73 Å². The summed E-state index contributed by atoms with van der Waals surface area (Å²) in [6, 6.07) is 15.1. The predicted molar refractivity (Wildman–Crippen MR) is 98.1 cm³/mol. The minimum atomic E-state index is 0.182. The van der Waals surface area contributed by atoms with E-state index in [1.165, 1.54) is 16.7 Å². The Bertz CT molecular complexity index is 686. The van der Waals surface area contributed by atoms with Gasteiger partial charge in [0.25, 0.3) is 0 Å². The van der Waals surface area contributed by atoms with Crippen molar-refractivity contribution in [3.05, 3.63) is 59.2 Å². The minimum Gasteiger partial charge on any atom is -0.486 e. The molecule has 1 atom stereocenters. The molecule has 0 radical (unpaired) electrons. The highest BCUT2D eigenvalue weighted by Crippen LogP contribution is 2.34. The van der Waals surface area contributed by atoms with Crippen LogP contribution < -0.4 is 15.2 Å². The molecule has 0 fully saturated rings. The predicted octanol–water partition coefficient (Wildman–Crippen LogP) is 4.04. The molecule has 0 aliphatic carbocycles. The monoisotopic (exact) mass is 325 g/mol. The zero-order chi connectivity index (χ0) is 17.2. The van der Waals surface area contributed by atoms with Crippen molar-refractivity contribution >= 4 is 0 Å². The third kappa shape index (κ3) is 3.73. The summed E-state index contributed by atoms with van der Waals surface area (Å²) in [5.41, 5.74) is 10.1. The summed E-state index contributed by atoms with van der Waals surface area (Å²) in [6.07, 6.45) is 0.931. The number of rotatable bonds is 4. The summed E-state index contributed by atoms with van der Waals surface area (Å²) < 4.78 is 11.3. The Balaban J connectivity index is 1.77. The molecule has 2 N–H and O–H groups in total. The smallest absolute Gasteiger partial charge is 0.161 e. The lowest BCUT2D eigenvalue weighted by molar-refractivity contribution is 0.171. The van der Waals surface area contributed by atoms with Gasteiger partial charge in [0.05, 0.1) is 0 Å². The molecule has 2 aromatic carbocycles. The first-order valence-corrected chi connectivity index (χ1v) is 8.66. The van der Waals surface area contributed by atoms with E-state index in [2.05, 4.69) is 57.2 Å². The molecule has 3 heteroatoms. The van der Waals surface area contributed by atoms with Crippen molar-refractivity contribution in [3.63, 3.8) is 0 Å². The van der Waals surface area contributed by atoms with Gasteiger partial charge in [-0.25, -0.2) is 0 Å². The Labute approximate surface area is 144 Å². The Morgan fingerprint density at radius 2 is 1.62 bits per heavy atom. The van der Waals surface area contributed by atoms with Crippen molar-refractivity contribution in [1.82, 2.24) is 0 Å². The standard InChI is InChI=1S/C21H27NO2/c1-21(2,3)18-7-4-15(5-8-18)12-17(14-22)16-6-9-19-20(13-16)24-11-10-23-19/h4-9,13,17H,10-12,14,22H2,1-3H3. The highest BCUT2D eigenvalue weighted by Gasteiger charge is 2.17. The van der Waals surface area contributed by atoms with Crippen LogP contribution in [0, 0.1) is 0 Å². The van der Waals surface area contributed by atoms with Crippen LogP contribution in [0.3, 0.4) is 0 Å². The fourth-order valence-corrected chi connectivity index (χ4v) is 3.08. The van der Waals surface area contributed by atoms with Crippen LogP contribution in [-0.2, 0) is 11.8 Å². The molecule has 0 bridgehead atoms. The highest BCUT2D eigenvalue weighted by molar-refractivity contribution is 5.45. The summed E-state index contributed by atoms with van der Waals surface area (Å²) in [5, 5.41) is 0. The van der Waals surface area contributed by atoms with E-state index in [4.69, 9.17) is 15.2 Å². The molecule has 3 rings (SSSR count). The van der Waals surface area contributed by atoms with Gasteiger partial charge in [-0.2, -0.15) is 0 Å². The molecule has 0 amide bonds. The van der Waals surface area contributed by atoms with Gasteiger partial charge in [-0.3, -0.25) is 0 Å². The van der Waals surface area contributed by atoms with Gasteiger partial charge in [0.2, 0.25) is 0 Å². The lowest BCUT2D eigenvalue weighted by Gasteiger charge is -2.22. The number of hydrogen-bond acceptors (Lipinski definition) is 3. The van der Waals surface area contributed by atoms with Crippen LogP contribution in [-0.4, -0.2) is 19.8 Å². The molecule has 0 spiro atoms. The summed E-state index contributed by atoms with van der Waals surface area (Å²) in [5.74, 6) is 1.94. The maximum Gasteiger partial charge on any atom is 0.161 e. The van der Waals surface area contributed by atoms with Crippen LogP contribution in [0.25, 0.3) is 0 Å². The van der Waals surface area contributed by atoms with Crippen LogP contribution in [0.1, 0.15) is 43.4 Å². The largest absolute Gasteiger partial charge is 0.486 e. The lowest BCUT2D eigenvalue weighted by Crippen LogP contribution is -2.18. The Morgan fingerprint density at radius 1 is 0.958 bits per heavy atom. The molecule has 1 aliphatic rings.